The quantitative estimate of drug-likeness (QED) is 0.864. The summed E-state index contributed by atoms with van der Waals surface area (Å²) in [6.07, 6.45) is -0.321. The Labute approximate surface area is 121 Å². The van der Waals surface area contributed by atoms with E-state index in [1.807, 2.05) is 19.1 Å². The summed E-state index contributed by atoms with van der Waals surface area (Å²) in [4.78, 5) is 0. The van der Waals surface area contributed by atoms with E-state index >= 15 is 0 Å². The topological polar surface area (TPSA) is 38.7 Å². The molecule has 0 aromatic heterocycles. The molecular formula is C13H19BrO3S. The molecule has 0 fully saturated rings. The second kappa shape index (κ2) is 7.26. The van der Waals surface area contributed by atoms with E-state index in [1.165, 1.54) is 0 Å². The van der Waals surface area contributed by atoms with Gasteiger partial charge in [-0.25, -0.2) is 0 Å². The third kappa shape index (κ3) is 4.07. The number of benzene rings is 1. The number of thioether (sulfide) groups is 1. The first-order valence-corrected chi connectivity index (χ1v) is 7.53. The molecule has 0 aliphatic rings. The molecule has 0 aliphatic heterocycles. The molecule has 0 saturated carbocycles. The Morgan fingerprint density at radius 3 is 2.33 bits per heavy atom. The van der Waals surface area contributed by atoms with Crippen LogP contribution in [0.5, 0.6) is 11.5 Å². The van der Waals surface area contributed by atoms with Crippen LogP contribution in [-0.2, 0) is 5.75 Å². The Morgan fingerprint density at radius 2 is 1.83 bits per heavy atom. The molecule has 0 saturated heterocycles. The van der Waals surface area contributed by atoms with Crippen LogP contribution < -0.4 is 9.47 Å². The smallest absolute Gasteiger partial charge is 0.133 e. The first kappa shape index (κ1) is 15.7. The van der Waals surface area contributed by atoms with E-state index in [4.69, 9.17) is 9.47 Å². The fourth-order valence-corrected chi connectivity index (χ4v) is 2.83. The standard InChI is InChI=1S/C13H19BrO3S/c1-8(15)9(2)18-7-10-5-13(17-4)11(14)6-12(10)16-3/h5-6,8-9,15H,7H2,1-4H3. The first-order chi connectivity index (χ1) is 8.49. The van der Waals surface area contributed by atoms with E-state index in [1.54, 1.807) is 32.9 Å². The van der Waals surface area contributed by atoms with Crippen LogP contribution in [0.3, 0.4) is 0 Å². The summed E-state index contributed by atoms with van der Waals surface area (Å²) in [5.74, 6) is 2.39. The Hall–Kier alpha value is -0.390. The summed E-state index contributed by atoms with van der Waals surface area (Å²) in [6.45, 7) is 3.81. The van der Waals surface area contributed by atoms with Crippen LogP contribution in [0.4, 0.5) is 0 Å². The first-order valence-electron chi connectivity index (χ1n) is 5.69. The van der Waals surface area contributed by atoms with Crippen molar-refractivity contribution in [3.63, 3.8) is 0 Å². The summed E-state index contributed by atoms with van der Waals surface area (Å²) in [7, 11) is 3.29. The highest BCUT2D eigenvalue weighted by molar-refractivity contribution is 9.10. The molecule has 102 valence electrons. The van der Waals surface area contributed by atoms with Crippen molar-refractivity contribution in [2.75, 3.05) is 14.2 Å². The monoisotopic (exact) mass is 334 g/mol. The van der Waals surface area contributed by atoms with Crippen molar-refractivity contribution in [2.24, 2.45) is 0 Å². The van der Waals surface area contributed by atoms with Gasteiger partial charge in [-0.1, -0.05) is 6.92 Å². The van der Waals surface area contributed by atoms with E-state index in [9.17, 15) is 5.11 Å². The molecule has 0 spiro atoms. The number of rotatable bonds is 6. The maximum atomic E-state index is 9.49. The average Bonchev–Trinajstić information content (AvgIpc) is 2.36. The van der Waals surface area contributed by atoms with Gasteiger partial charge in [0.25, 0.3) is 0 Å². The summed E-state index contributed by atoms with van der Waals surface area (Å²) in [5.41, 5.74) is 1.06. The Morgan fingerprint density at radius 1 is 1.22 bits per heavy atom. The number of aliphatic hydroxyl groups is 1. The number of aliphatic hydroxyl groups excluding tert-OH is 1. The minimum Gasteiger partial charge on any atom is -0.496 e. The van der Waals surface area contributed by atoms with Gasteiger partial charge in [0.05, 0.1) is 24.8 Å². The van der Waals surface area contributed by atoms with Crippen LogP contribution >= 0.6 is 27.7 Å². The summed E-state index contributed by atoms with van der Waals surface area (Å²) in [6, 6.07) is 3.87. The zero-order valence-electron chi connectivity index (χ0n) is 11.1. The zero-order chi connectivity index (χ0) is 13.7. The molecule has 1 rings (SSSR count). The van der Waals surface area contributed by atoms with Crippen molar-refractivity contribution < 1.29 is 14.6 Å². The van der Waals surface area contributed by atoms with E-state index < -0.39 is 0 Å². The molecule has 2 unspecified atom stereocenters. The molecule has 5 heteroatoms. The van der Waals surface area contributed by atoms with Gasteiger partial charge >= 0.3 is 0 Å². The second-order valence-electron chi connectivity index (χ2n) is 4.06. The van der Waals surface area contributed by atoms with Gasteiger partial charge in [-0.3, -0.25) is 0 Å². The van der Waals surface area contributed by atoms with Gasteiger partial charge < -0.3 is 14.6 Å². The van der Waals surface area contributed by atoms with Crippen LogP contribution in [0.15, 0.2) is 16.6 Å². The van der Waals surface area contributed by atoms with Crippen LogP contribution in [0, 0.1) is 0 Å². The summed E-state index contributed by atoms with van der Waals surface area (Å²) in [5, 5.41) is 9.67. The molecule has 0 amide bonds. The molecular weight excluding hydrogens is 316 g/mol. The predicted octanol–water partition coefficient (Wildman–Crippen LogP) is 3.47. The van der Waals surface area contributed by atoms with Gasteiger partial charge in [-0.2, -0.15) is 11.8 Å². The van der Waals surface area contributed by atoms with Gasteiger partial charge in [0, 0.05) is 16.6 Å². The lowest BCUT2D eigenvalue weighted by Crippen LogP contribution is -2.15. The van der Waals surface area contributed by atoms with Crippen LogP contribution in [0.2, 0.25) is 0 Å². The van der Waals surface area contributed by atoms with Crippen molar-refractivity contribution >= 4 is 27.7 Å². The lowest BCUT2D eigenvalue weighted by atomic mass is 10.2. The number of ether oxygens (including phenoxy) is 2. The normalized spacial score (nSPS) is 14.1. The Bertz CT molecular complexity index is 396. The zero-order valence-corrected chi connectivity index (χ0v) is 13.5. The average molecular weight is 335 g/mol. The molecule has 18 heavy (non-hydrogen) atoms. The molecule has 0 heterocycles. The summed E-state index contributed by atoms with van der Waals surface area (Å²) < 4.78 is 11.5. The van der Waals surface area contributed by atoms with Crippen molar-refractivity contribution in [1.82, 2.24) is 0 Å². The highest BCUT2D eigenvalue weighted by atomic mass is 79.9. The van der Waals surface area contributed by atoms with Gasteiger partial charge in [0.15, 0.2) is 0 Å². The maximum Gasteiger partial charge on any atom is 0.133 e. The van der Waals surface area contributed by atoms with Crippen LogP contribution in [0.1, 0.15) is 19.4 Å². The number of methoxy groups -OCH3 is 2. The number of hydrogen-bond donors (Lipinski definition) is 1. The minimum atomic E-state index is -0.321. The van der Waals surface area contributed by atoms with Crippen molar-refractivity contribution in [3.05, 3.63) is 22.2 Å². The van der Waals surface area contributed by atoms with Gasteiger partial charge in [0.1, 0.15) is 11.5 Å². The lowest BCUT2D eigenvalue weighted by Gasteiger charge is -2.16. The van der Waals surface area contributed by atoms with E-state index in [2.05, 4.69) is 15.9 Å². The van der Waals surface area contributed by atoms with Crippen molar-refractivity contribution in [2.45, 2.75) is 31.0 Å². The van der Waals surface area contributed by atoms with Crippen molar-refractivity contribution in [3.8, 4) is 11.5 Å². The third-order valence-corrected chi connectivity index (χ3v) is 4.75. The lowest BCUT2D eigenvalue weighted by molar-refractivity contribution is 0.196. The fraction of sp³-hybridized carbons (Fsp3) is 0.538. The molecule has 1 N–H and O–H groups in total. The van der Waals surface area contributed by atoms with Gasteiger partial charge in [-0.05, 0) is 35.0 Å². The molecule has 1 aromatic rings. The Balaban J connectivity index is 2.86. The number of hydrogen-bond acceptors (Lipinski definition) is 4. The minimum absolute atomic E-state index is 0.185. The van der Waals surface area contributed by atoms with E-state index in [0.29, 0.717) is 0 Å². The largest absolute Gasteiger partial charge is 0.496 e. The molecule has 0 bridgehead atoms. The third-order valence-electron chi connectivity index (χ3n) is 2.74. The Kier molecular flexibility index (Phi) is 6.32. The highest BCUT2D eigenvalue weighted by Gasteiger charge is 2.13. The predicted molar refractivity (Wildman–Crippen MR) is 79.7 cm³/mol. The SMILES string of the molecule is COc1cc(CSC(C)C(C)O)c(OC)cc1Br. The molecule has 2 atom stereocenters. The molecule has 0 radical (unpaired) electrons. The molecule has 1 aromatic carbocycles. The molecule has 0 aliphatic carbocycles. The fourth-order valence-electron chi connectivity index (χ4n) is 1.40. The maximum absolute atomic E-state index is 9.49. The number of halogens is 1. The van der Waals surface area contributed by atoms with E-state index in [0.717, 1.165) is 27.3 Å². The highest BCUT2D eigenvalue weighted by Crippen LogP contribution is 2.35. The summed E-state index contributed by atoms with van der Waals surface area (Å²) >= 11 is 5.13. The van der Waals surface area contributed by atoms with E-state index in [-0.39, 0.29) is 11.4 Å². The molecule has 3 nitrogen and oxygen atoms in total. The second-order valence-corrected chi connectivity index (χ2v) is 6.28. The van der Waals surface area contributed by atoms with Crippen LogP contribution in [-0.4, -0.2) is 30.7 Å². The van der Waals surface area contributed by atoms with Crippen LogP contribution in [0.25, 0.3) is 0 Å². The van der Waals surface area contributed by atoms with Gasteiger partial charge in [0.2, 0.25) is 0 Å². The van der Waals surface area contributed by atoms with Crippen molar-refractivity contribution in [1.29, 1.82) is 0 Å². The van der Waals surface area contributed by atoms with Gasteiger partial charge in [-0.15, -0.1) is 0 Å².